The average Bonchev–Trinajstić information content (AvgIpc) is 2.47. The van der Waals surface area contributed by atoms with Gasteiger partial charge in [-0.1, -0.05) is 29.8 Å². The highest BCUT2D eigenvalue weighted by molar-refractivity contribution is 5.21. The number of nitrogens with one attached hydrogen (secondary N) is 1. The quantitative estimate of drug-likeness (QED) is 0.775. The number of hydrogen-bond donors (Lipinski definition) is 1. The summed E-state index contributed by atoms with van der Waals surface area (Å²) in [6.45, 7) is 7.36. The van der Waals surface area contributed by atoms with Crippen LogP contribution in [-0.2, 0) is 11.3 Å². The summed E-state index contributed by atoms with van der Waals surface area (Å²) in [6.07, 6.45) is 3.93. The molecule has 3 nitrogen and oxygen atoms in total. The molecule has 2 rings (SSSR count). The first kappa shape index (κ1) is 15.5. The maximum atomic E-state index is 5.93. The topological polar surface area (TPSA) is 24.5 Å². The zero-order chi connectivity index (χ0) is 14.2. The molecule has 1 fully saturated rings. The van der Waals surface area contributed by atoms with E-state index in [1.165, 1.54) is 24.0 Å². The maximum absolute atomic E-state index is 5.93. The van der Waals surface area contributed by atoms with Crippen LogP contribution in [0.2, 0.25) is 0 Å². The molecule has 0 atom stereocenters. The Balaban J connectivity index is 1.57. The van der Waals surface area contributed by atoms with E-state index < -0.39 is 0 Å². The third-order valence-corrected chi connectivity index (χ3v) is 3.90. The van der Waals surface area contributed by atoms with E-state index >= 15 is 0 Å². The first-order valence-corrected chi connectivity index (χ1v) is 7.80. The molecule has 0 radical (unpaired) electrons. The molecule has 0 unspecified atom stereocenters. The third kappa shape index (κ3) is 5.61. The molecule has 0 bridgehead atoms. The second-order valence-electron chi connectivity index (χ2n) is 5.90. The van der Waals surface area contributed by atoms with Crippen molar-refractivity contribution in [1.82, 2.24) is 10.2 Å². The van der Waals surface area contributed by atoms with Gasteiger partial charge in [0.25, 0.3) is 0 Å². The SMILES string of the molecule is Cc1ccc(CN(C)CCCOC2CCNCC2)cc1. The molecule has 1 N–H and O–H groups in total. The van der Waals surface area contributed by atoms with Crippen LogP contribution >= 0.6 is 0 Å². The van der Waals surface area contributed by atoms with E-state index in [-0.39, 0.29) is 0 Å². The molecule has 1 aliphatic rings. The number of hydrogen-bond acceptors (Lipinski definition) is 3. The molecule has 0 aromatic heterocycles. The molecule has 0 spiro atoms. The van der Waals surface area contributed by atoms with Crippen molar-refractivity contribution < 1.29 is 4.74 Å². The Bertz CT molecular complexity index is 371. The molecule has 1 aliphatic heterocycles. The molecule has 0 aliphatic carbocycles. The van der Waals surface area contributed by atoms with Crippen LogP contribution < -0.4 is 5.32 Å². The lowest BCUT2D eigenvalue weighted by Gasteiger charge is -2.23. The van der Waals surface area contributed by atoms with E-state index in [1.807, 2.05) is 0 Å². The van der Waals surface area contributed by atoms with Crippen molar-refractivity contribution in [3.05, 3.63) is 35.4 Å². The molecule has 0 amide bonds. The number of piperidine rings is 1. The van der Waals surface area contributed by atoms with Crippen molar-refractivity contribution in [2.45, 2.75) is 38.8 Å². The second-order valence-corrected chi connectivity index (χ2v) is 5.90. The average molecular weight is 276 g/mol. The minimum absolute atomic E-state index is 0.485. The van der Waals surface area contributed by atoms with Crippen LogP contribution in [0.15, 0.2) is 24.3 Å². The molecule has 20 heavy (non-hydrogen) atoms. The second kappa shape index (κ2) is 8.40. The first-order valence-electron chi connectivity index (χ1n) is 7.80. The van der Waals surface area contributed by atoms with E-state index in [0.29, 0.717) is 6.10 Å². The summed E-state index contributed by atoms with van der Waals surface area (Å²) in [7, 11) is 2.18. The minimum Gasteiger partial charge on any atom is -0.378 e. The molecule has 1 heterocycles. The highest BCUT2D eigenvalue weighted by Crippen LogP contribution is 2.09. The number of aryl methyl sites for hydroxylation is 1. The van der Waals surface area contributed by atoms with Crippen LogP contribution in [0.3, 0.4) is 0 Å². The third-order valence-electron chi connectivity index (χ3n) is 3.90. The molecular weight excluding hydrogens is 248 g/mol. The summed E-state index contributed by atoms with van der Waals surface area (Å²) in [4.78, 5) is 2.37. The van der Waals surface area contributed by atoms with Crippen molar-refractivity contribution in [2.75, 3.05) is 33.3 Å². The van der Waals surface area contributed by atoms with Gasteiger partial charge in [-0.2, -0.15) is 0 Å². The lowest BCUT2D eigenvalue weighted by Crippen LogP contribution is -2.33. The summed E-state index contributed by atoms with van der Waals surface area (Å²) in [6, 6.07) is 8.81. The molecule has 1 aromatic carbocycles. The van der Waals surface area contributed by atoms with Crippen LogP contribution in [-0.4, -0.2) is 44.3 Å². The summed E-state index contributed by atoms with van der Waals surface area (Å²) >= 11 is 0. The van der Waals surface area contributed by atoms with Crippen molar-refractivity contribution >= 4 is 0 Å². The Morgan fingerprint density at radius 1 is 1.20 bits per heavy atom. The standard InChI is InChI=1S/C17H28N2O/c1-15-4-6-16(7-5-15)14-19(2)12-3-13-20-17-8-10-18-11-9-17/h4-7,17-18H,3,8-14H2,1-2H3. The lowest BCUT2D eigenvalue weighted by molar-refractivity contribution is 0.0284. The highest BCUT2D eigenvalue weighted by atomic mass is 16.5. The fraction of sp³-hybridized carbons (Fsp3) is 0.647. The number of nitrogens with zero attached hydrogens (tertiary/aromatic N) is 1. The Kier molecular flexibility index (Phi) is 6.51. The first-order chi connectivity index (χ1) is 9.74. The molecule has 1 aromatic rings. The predicted octanol–water partition coefficient (Wildman–Crippen LogP) is 2.59. The Hall–Kier alpha value is -0.900. The molecule has 112 valence electrons. The van der Waals surface area contributed by atoms with E-state index in [1.54, 1.807) is 0 Å². The van der Waals surface area contributed by atoms with Gasteiger partial charge in [0.1, 0.15) is 0 Å². The van der Waals surface area contributed by atoms with Crippen LogP contribution in [0, 0.1) is 6.92 Å². The van der Waals surface area contributed by atoms with Crippen LogP contribution in [0.25, 0.3) is 0 Å². The molecule has 0 saturated carbocycles. The van der Waals surface area contributed by atoms with Gasteiger partial charge in [-0.25, -0.2) is 0 Å². The van der Waals surface area contributed by atoms with Crippen molar-refractivity contribution in [3.8, 4) is 0 Å². The van der Waals surface area contributed by atoms with Gasteiger partial charge < -0.3 is 15.0 Å². The van der Waals surface area contributed by atoms with E-state index in [4.69, 9.17) is 4.74 Å². The molecule has 1 saturated heterocycles. The number of ether oxygens (including phenoxy) is 1. The van der Waals surface area contributed by atoms with Gasteiger partial charge in [0.05, 0.1) is 6.10 Å². The van der Waals surface area contributed by atoms with Crippen molar-refractivity contribution in [3.63, 3.8) is 0 Å². The molecular formula is C17H28N2O. The number of rotatable bonds is 7. The number of benzene rings is 1. The minimum atomic E-state index is 0.485. The van der Waals surface area contributed by atoms with Crippen molar-refractivity contribution in [2.24, 2.45) is 0 Å². The monoisotopic (exact) mass is 276 g/mol. The van der Waals surface area contributed by atoms with Gasteiger partial charge >= 0.3 is 0 Å². The maximum Gasteiger partial charge on any atom is 0.0599 e. The fourth-order valence-corrected chi connectivity index (χ4v) is 2.63. The normalized spacial score (nSPS) is 16.8. The van der Waals surface area contributed by atoms with Gasteiger partial charge in [-0.05, 0) is 51.9 Å². The zero-order valence-electron chi connectivity index (χ0n) is 12.9. The largest absolute Gasteiger partial charge is 0.378 e. The van der Waals surface area contributed by atoms with E-state index in [0.717, 1.165) is 39.2 Å². The van der Waals surface area contributed by atoms with Crippen LogP contribution in [0.1, 0.15) is 30.4 Å². The van der Waals surface area contributed by atoms with Gasteiger partial charge in [-0.3, -0.25) is 0 Å². The Morgan fingerprint density at radius 2 is 1.90 bits per heavy atom. The fourth-order valence-electron chi connectivity index (χ4n) is 2.63. The Morgan fingerprint density at radius 3 is 2.60 bits per heavy atom. The van der Waals surface area contributed by atoms with Gasteiger partial charge in [0, 0.05) is 19.7 Å². The smallest absolute Gasteiger partial charge is 0.0599 e. The summed E-state index contributed by atoms with van der Waals surface area (Å²) < 4.78 is 5.93. The van der Waals surface area contributed by atoms with E-state index in [9.17, 15) is 0 Å². The highest BCUT2D eigenvalue weighted by Gasteiger charge is 2.12. The molecule has 3 heteroatoms. The van der Waals surface area contributed by atoms with Gasteiger partial charge in [0.2, 0.25) is 0 Å². The summed E-state index contributed by atoms with van der Waals surface area (Å²) in [5.41, 5.74) is 2.71. The summed E-state index contributed by atoms with van der Waals surface area (Å²) in [5.74, 6) is 0. The van der Waals surface area contributed by atoms with Crippen LogP contribution in [0.5, 0.6) is 0 Å². The Labute approximate surface area is 123 Å². The van der Waals surface area contributed by atoms with E-state index in [2.05, 4.69) is 48.5 Å². The van der Waals surface area contributed by atoms with Gasteiger partial charge in [-0.15, -0.1) is 0 Å². The lowest BCUT2D eigenvalue weighted by atomic mass is 10.1. The van der Waals surface area contributed by atoms with Gasteiger partial charge in [0.15, 0.2) is 0 Å². The van der Waals surface area contributed by atoms with Crippen molar-refractivity contribution in [1.29, 1.82) is 0 Å². The van der Waals surface area contributed by atoms with Crippen LogP contribution in [0.4, 0.5) is 0 Å². The zero-order valence-corrected chi connectivity index (χ0v) is 12.9. The summed E-state index contributed by atoms with van der Waals surface area (Å²) in [5, 5.41) is 3.37. The predicted molar refractivity (Wildman–Crippen MR) is 84.0 cm³/mol.